The van der Waals surface area contributed by atoms with E-state index in [4.69, 9.17) is 4.98 Å². The number of aryl methyl sites for hydroxylation is 1. The quantitative estimate of drug-likeness (QED) is 0.248. The maximum absolute atomic E-state index is 4.78. The van der Waals surface area contributed by atoms with Gasteiger partial charge in [-0.2, -0.15) is 0 Å². The number of fused-ring (bicyclic) bond motifs is 6. The first-order chi connectivity index (χ1) is 16.9. The van der Waals surface area contributed by atoms with E-state index in [-0.39, 0.29) is 0 Å². The Kier molecular flexibility index (Phi) is 4.48. The Morgan fingerprint density at radius 1 is 0.618 bits per heavy atom. The van der Waals surface area contributed by atoms with Crippen LogP contribution in [0.25, 0.3) is 43.6 Å². The standard InChI is InChI=1S/C33H25N/c1-3-11-26-22(7-1)15-16-32-29-14-6-13-27(31(29)18-17-30(26)32)24-9-5-10-25(21-24)33-28-12-4-2-8-23(28)19-20-34-33/h1-5,7-12,15-21,27H,6,13-14H2. The predicted octanol–water partition coefficient (Wildman–Crippen LogP) is 8.68. The van der Waals surface area contributed by atoms with Gasteiger partial charge in [0.2, 0.25) is 0 Å². The Morgan fingerprint density at radius 3 is 2.32 bits per heavy atom. The molecule has 1 unspecified atom stereocenters. The first kappa shape index (κ1) is 19.5. The number of rotatable bonds is 2. The Hall–Kier alpha value is -3.97. The van der Waals surface area contributed by atoms with Crippen molar-refractivity contribution in [3.05, 3.63) is 126 Å². The summed E-state index contributed by atoms with van der Waals surface area (Å²) in [5, 5.41) is 7.93. The van der Waals surface area contributed by atoms with Gasteiger partial charge >= 0.3 is 0 Å². The van der Waals surface area contributed by atoms with Crippen LogP contribution in [-0.4, -0.2) is 4.98 Å². The summed E-state index contributed by atoms with van der Waals surface area (Å²) in [5.74, 6) is 0.426. The van der Waals surface area contributed by atoms with Crippen LogP contribution in [0.3, 0.4) is 0 Å². The highest BCUT2D eigenvalue weighted by Gasteiger charge is 2.24. The zero-order chi connectivity index (χ0) is 22.5. The molecule has 0 amide bonds. The molecule has 6 aromatic rings. The highest BCUT2D eigenvalue weighted by atomic mass is 14.7. The summed E-state index contributed by atoms with van der Waals surface area (Å²) in [5.41, 5.74) is 6.70. The van der Waals surface area contributed by atoms with E-state index in [0.29, 0.717) is 5.92 Å². The predicted molar refractivity (Wildman–Crippen MR) is 143 cm³/mol. The van der Waals surface area contributed by atoms with Gasteiger partial charge in [0.25, 0.3) is 0 Å². The Labute approximate surface area is 199 Å². The van der Waals surface area contributed by atoms with Crippen LogP contribution in [-0.2, 0) is 6.42 Å². The van der Waals surface area contributed by atoms with E-state index in [9.17, 15) is 0 Å². The van der Waals surface area contributed by atoms with Crippen LogP contribution in [0.4, 0.5) is 0 Å². The lowest BCUT2D eigenvalue weighted by Crippen LogP contribution is -2.11. The summed E-state index contributed by atoms with van der Waals surface area (Å²) >= 11 is 0. The summed E-state index contributed by atoms with van der Waals surface area (Å²) in [4.78, 5) is 4.78. The van der Waals surface area contributed by atoms with Gasteiger partial charge in [-0.05, 0) is 75.0 Å². The van der Waals surface area contributed by atoms with Gasteiger partial charge < -0.3 is 0 Å². The van der Waals surface area contributed by atoms with Gasteiger partial charge in [0.1, 0.15) is 0 Å². The Morgan fingerprint density at radius 2 is 1.41 bits per heavy atom. The van der Waals surface area contributed by atoms with Crippen molar-refractivity contribution in [2.24, 2.45) is 0 Å². The second-order valence-corrected chi connectivity index (χ2v) is 9.47. The Bertz CT molecular complexity index is 1690. The van der Waals surface area contributed by atoms with Gasteiger partial charge in [0, 0.05) is 23.1 Å². The molecule has 1 nitrogen and oxygen atoms in total. The van der Waals surface area contributed by atoms with Crippen molar-refractivity contribution >= 4 is 32.3 Å². The second kappa shape index (κ2) is 7.81. The van der Waals surface area contributed by atoms with E-state index in [1.807, 2.05) is 6.20 Å². The number of nitrogens with zero attached hydrogens (tertiary/aromatic N) is 1. The molecule has 1 aliphatic carbocycles. The van der Waals surface area contributed by atoms with Crippen molar-refractivity contribution in [1.29, 1.82) is 0 Å². The maximum Gasteiger partial charge on any atom is 0.0780 e. The third-order valence-electron chi connectivity index (χ3n) is 7.60. The molecule has 1 heterocycles. The third kappa shape index (κ3) is 3.04. The van der Waals surface area contributed by atoms with Gasteiger partial charge in [-0.3, -0.25) is 4.98 Å². The van der Waals surface area contributed by atoms with E-state index in [1.54, 1.807) is 0 Å². The fourth-order valence-electron chi connectivity index (χ4n) is 6.01. The lowest BCUT2D eigenvalue weighted by atomic mass is 9.76. The number of aromatic nitrogens is 1. The van der Waals surface area contributed by atoms with Crippen LogP contribution in [0, 0.1) is 0 Å². The smallest absolute Gasteiger partial charge is 0.0780 e. The number of pyridine rings is 1. The molecule has 0 spiro atoms. The van der Waals surface area contributed by atoms with E-state index in [2.05, 4.69) is 103 Å². The first-order valence-electron chi connectivity index (χ1n) is 12.2. The van der Waals surface area contributed by atoms with Crippen molar-refractivity contribution in [3.8, 4) is 11.3 Å². The van der Waals surface area contributed by atoms with Crippen LogP contribution in [0.1, 0.15) is 35.4 Å². The molecule has 0 N–H and O–H groups in total. The molecule has 7 rings (SSSR count). The molecule has 0 saturated carbocycles. The van der Waals surface area contributed by atoms with Crippen LogP contribution < -0.4 is 0 Å². The van der Waals surface area contributed by atoms with E-state index >= 15 is 0 Å². The first-order valence-corrected chi connectivity index (χ1v) is 12.2. The molecule has 0 bridgehead atoms. The van der Waals surface area contributed by atoms with Gasteiger partial charge in [0.05, 0.1) is 5.69 Å². The fourth-order valence-corrected chi connectivity index (χ4v) is 6.01. The van der Waals surface area contributed by atoms with Crippen molar-refractivity contribution in [2.45, 2.75) is 25.2 Å². The van der Waals surface area contributed by atoms with Gasteiger partial charge in [-0.15, -0.1) is 0 Å². The van der Waals surface area contributed by atoms with Crippen LogP contribution >= 0.6 is 0 Å². The van der Waals surface area contributed by atoms with E-state index in [1.165, 1.54) is 67.4 Å². The molecule has 34 heavy (non-hydrogen) atoms. The molecule has 0 radical (unpaired) electrons. The molecule has 1 heteroatoms. The summed E-state index contributed by atoms with van der Waals surface area (Å²) in [6.45, 7) is 0. The molecule has 1 atom stereocenters. The van der Waals surface area contributed by atoms with Crippen molar-refractivity contribution in [2.75, 3.05) is 0 Å². The SMILES string of the molecule is c1cc(-c2nccc3ccccc23)cc(C2CCCc3c2ccc2c3ccc3ccccc32)c1. The second-order valence-electron chi connectivity index (χ2n) is 9.47. The van der Waals surface area contributed by atoms with Gasteiger partial charge in [-0.25, -0.2) is 0 Å². The molecular formula is C33H25N. The zero-order valence-electron chi connectivity index (χ0n) is 19.0. The van der Waals surface area contributed by atoms with Crippen LogP contribution in [0.2, 0.25) is 0 Å². The lowest BCUT2D eigenvalue weighted by Gasteiger charge is -2.28. The lowest BCUT2D eigenvalue weighted by molar-refractivity contribution is 0.619. The highest BCUT2D eigenvalue weighted by Crippen LogP contribution is 2.42. The molecule has 162 valence electrons. The maximum atomic E-state index is 4.78. The molecule has 0 aliphatic heterocycles. The minimum Gasteiger partial charge on any atom is -0.256 e. The van der Waals surface area contributed by atoms with Gasteiger partial charge in [-0.1, -0.05) is 91.0 Å². The van der Waals surface area contributed by atoms with Crippen molar-refractivity contribution in [1.82, 2.24) is 4.98 Å². The summed E-state index contributed by atoms with van der Waals surface area (Å²) in [7, 11) is 0. The molecule has 5 aromatic carbocycles. The summed E-state index contributed by atoms with van der Waals surface area (Å²) < 4.78 is 0. The highest BCUT2D eigenvalue weighted by molar-refractivity contribution is 6.08. The third-order valence-corrected chi connectivity index (χ3v) is 7.60. The van der Waals surface area contributed by atoms with Crippen LogP contribution in [0.15, 0.2) is 109 Å². The average molecular weight is 436 g/mol. The average Bonchev–Trinajstić information content (AvgIpc) is 2.92. The van der Waals surface area contributed by atoms with E-state index < -0.39 is 0 Å². The van der Waals surface area contributed by atoms with Gasteiger partial charge in [0.15, 0.2) is 0 Å². The number of hydrogen-bond donors (Lipinski definition) is 0. The van der Waals surface area contributed by atoms with Crippen molar-refractivity contribution in [3.63, 3.8) is 0 Å². The summed E-state index contributed by atoms with van der Waals surface area (Å²) in [6.07, 6.45) is 5.50. The largest absolute Gasteiger partial charge is 0.256 e. The molecule has 1 aromatic heterocycles. The molecular weight excluding hydrogens is 410 g/mol. The fraction of sp³-hybridized carbons (Fsp3) is 0.121. The van der Waals surface area contributed by atoms with Crippen LogP contribution in [0.5, 0.6) is 0 Å². The number of hydrogen-bond acceptors (Lipinski definition) is 1. The number of benzene rings is 5. The Balaban J connectivity index is 1.37. The van der Waals surface area contributed by atoms with E-state index in [0.717, 1.165) is 12.1 Å². The van der Waals surface area contributed by atoms with Crippen molar-refractivity contribution < 1.29 is 0 Å². The zero-order valence-corrected chi connectivity index (χ0v) is 19.0. The monoisotopic (exact) mass is 435 g/mol. The minimum atomic E-state index is 0.426. The molecule has 1 aliphatic rings. The summed E-state index contributed by atoms with van der Waals surface area (Å²) in [6, 6.07) is 37.8. The topological polar surface area (TPSA) is 12.9 Å². The normalized spacial score (nSPS) is 15.6. The molecule has 0 fully saturated rings. The molecule has 0 saturated heterocycles. The minimum absolute atomic E-state index is 0.426.